The summed E-state index contributed by atoms with van der Waals surface area (Å²) in [7, 11) is 2.91. The van der Waals surface area contributed by atoms with E-state index in [0.717, 1.165) is 0 Å². The van der Waals surface area contributed by atoms with Gasteiger partial charge in [0, 0.05) is 27.9 Å². The van der Waals surface area contributed by atoms with Gasteiger partial charge < -0.3 is 28.4 Å². The van der Waals surface area contributed by atoms with E-state index in [1.54, 1.807) is 31.4 Å². The molecule has 156 valence electrons. The van der Waals surface area contributed by atoms with Crippen molar-refractivity contribution in [1.82, 2.24) is 0 Å². The molecule has 0 aliphatic rings. The van der Waals surface area contributed by atoms with Crippen LogP contribution in [0, 0.1) is 0 Å². The first kappa shape index (κ1) is 23.2. The van der Waals surface area contributed by atoms with E-state index in [1.165, 1.54) is 27.9 Å². The maximum atomic E-state index is 11.6. The Labute approximate surface area is 163 Å². The summed E-state index contributed by atoms with van der Waals surface area (Å²) in [6.45, 7) is 3.36. The Hall–Kier alpha value is -2.81. The molecular formula is C19H26O9. The minimum absolute atomic E-state index is 0.121. The topological polar surface area (TPSA) is 107 Å². The Morgan fingerprint density at radius 1 is 0.786 bits per heavy atom. The van der Waals surface area contributed by atoms with Crippen LogP contribution in [0.5, 0.6) is 11.5 Å². The van der Waals surface area contributed by atoms with Crippen LogP contribution in [0.4, 0.5) is 0 Å². The van der Waals surface area contributed by atoms with Crippen molar-refractivity contribution in [2.45, 2.75) is 39.1 Å². The predicted octanol–water partition coefficient (Wildman–Crippen LogP) is 1.52. The fraction of sp³-hybridized carbons (Fsp3) is 0.526. The van der Waals surface area contributed by atoms with Crippen molar-refractivity contribution in [3.8, 4) is 11.5 Å². The standard InChI is InChI=1S/C19H26O9/c1-12(20)25-10-17(24-5)19(28-14(3)22)18(27-13(2)21)11-26-16-8-6-15(23-4)7-9-16/h6-9,17-19H,10-11H2,1-5H3/t17-,18+,19-/m1/s1. The van der Waals surface area contributed by atoms with Crippen LogP contribution in [-0.2, 0) is 33.3 Å². The zero-order valence-corrected chi connectivity index (χ0v) is 16.6. The van der Waals surface area contributed by atoms with E-state index in [0.29, 0.717) is 11.5 Å². The molecule has 0 unspecified atom stereocenters. The van der Waals surface area contributed by atoms with E-state index in [-0.39, 0.29) is 13.2 Å². The van der Waals surface area contributed by atoms with E-state index in [2.05, 4.69) is 0 Å². The number of benzene rings is 1. The second kappa shape index (κ2) is 11.8. The molecule has 9 heteroatoms. The molecule has 28 heavy (non-hydrogen) atoms. The maximum absolute atomic E-state index is 11.6. The average molecular weight is 398 g/mol. The first-order valence-corrected chi connectivity index (χ1v) is 8.54. The molecule has 0 aromatic heterocycles. The van der Waals surface area contributed by atoms with Crippen LogP contribution < -0.4 is 9.47 Å². The van der Waals surface area contributed by atoms with Gasteiger partial charge in [0.1, 0.15) is 30.8 Å². The van der Waals surface area contributed by atoms with Crippen molar-refractivity contribution >= 4 is 17.9 Å². The van der Waals surface area contributed by atoms with Crippen LogP contribution in [0.3, 0.4) is 0 Å². The zero-order valence-electron chi connectivity index (χ0n) is 16.6. The number of carbonyl (C=O) groups excluding carboxylic acids is 3. The molecule has 1 rings (SSSR count). The van der Waals surface area contributed by atoms with Crippen LogP contribution in [0.2, 0.25) is 0 Å². The quantitative estimate of drug-likeness (QED) is 0.405. The minimum atomic E-state index is -1.05. The lowest BCUT2D eigenvalue weighted by atomic mass is 10.1. The molecule has 0 heterocycles. The number of ether oxygens (including phenoxy) is 6. The molecule has 0 aliphatic carbocycles. The number of hydrogen-bond acceptors (Lipinski definition) is 9. The summed E-state index contributed by atoms with van der Waals surface area (Å²) in [5.74, 6) is -0.586. The highest BCUT2D eigenvalue weighted by atomic mass is 16.6. The Morgan fingerprint density at radius 3 is 1.82 bits per heavy atom. The summed E-state index contributed by atoms with van der Waals surface area (Å²) in [4.78, 5) is 34.2. The predicted molar refractivity (Wildman–Crippen MR) is 97.0 cm³/mol. The molecule has 0 saturated carbocycles. The molecular weight excluding hydrogens is 372 g/mol. The van der Waals surface area contributed by atoms with Crippen molar-refractivity contribution in [3.63, 3.8) is 0 Å². The Kier molecular flexibility index (Phi) is 9.80. The average Bonchev–Trinajstić information content (AvgIpc) is 2.64. The maximum Gasteiger partial charge on any atom is 0.303 e. The number of methoxy groups -OCH3 is 2. The Morgan fingerprint density at radius 2 is 1.36 bits per heavy atom. The second-order valence-electron chi connectivity index (χ2n) is 5.79. The van der Waals surface area contributed by atoms with Crippen molar-refractivity contribution in [2.24, 2.45) is 0 Å². The lowest BCUT2D eigenvalue weighted by Crippen LogP contribution is -2.48. The van der Waals surface area contributed by atoms with Crippen LogP contribution in [0.25, 0.3) is 0 Å². The Bertz CT molecular complexity index is 641. The largest absolute Gasteiger partial charge is 0.497 e. The van der Waals surface area contributed by atoms with Crippen LogP contribution >= 0.6 is 0 Å². The molecule has 1 aromatic rings. The van der Waals surface area contributed by atoms with Crippen LogP contribution in [0.15, 0.2) is 24.3 Å². The number of esters is 3. The van der Waals surface area contributed by atoms with E-state index in [9.17, 15) is 14.4 Å². The van der Waals surface area contributed by atoms with Crippen molar-refractivity contribution in [1.29, 1.82) is 0 Å². The molecule has 0 bridgehead atoms. The molecule has 0 radical (unpaired) electrons. The molecule has 0 spiro atoms. The van der Waals surface area contributed by atoms with Gasteiger partial charge in [0.15, 0.2) is 12.2 Å². The smallest absolute Gasteiger partial charge is 0.303 e. The number of rotatable bonds is 11. The van der Waals surface area contributed by atoms with E-state index in [4.69, 9.17) is 28.4 Å². The summed E-state index contributed by atoms with van der Waals surface area (Å²) >= 11 is 0. The molecule has 3 atom stereocenters. The highest BCUT2D eigenvalue weighted by Gasteiger charge is 2.36. The Balaban J connectivity index is 2.97. The summed E-state index contributed by atoms with van der Waals surface area (Å²) < 4.78 is 31.6. The van der Waals surface area contributed by atoms with Crippen LogP contribution in [0.1, 0.15) is 20.8 Å². The van der Waals surface area contributed by atoms with Gasteiger partial charge in [-0.3, -0.25) is 14.4 Å². The SMILES string of the molecule is COc1ccc(OC[C@H](OC(C)=O)[C@H](OC(C)=O)[C@@H](COC(C)=O)OC)cc1. The third-order valence-electron chi connectivity index (χ3n) is 3.58. The molecule has 1 aromatic carbocycles. The molecule has 0 aliphatic heterocycles. The minimum Gasteiger partial charge on any atom is -0.497 e. The van der Waals surface area contributed by atoms with Gasteiger partial charge in [0.05, 0.1) is 7.11 Å². The first-order valence-electron chi connectivity index (χ1n) is 8.54. The highest BCUT2D eigenvalue weighted by Crippen LogP contribution is 2.20. The molecule has 0 fully saturated rings. The molecule has 9 nitrogen and oxygen atoms in total. The molecule has 0 saturated heterocycles. The first-order chi connectivity index (χ1) is 13.3. The van der Waals surface area contributed by atoms with Crippen molar-refractivity contribution in [2.75, 3.05) is 27.4 Å². The van der Waals surface area contributed by atoms with E-state index >= 15 is 0 Å². The molecule has 0 N–H and O–H groups in total. The lowest BCUT2D eigenvalue weighted by molar-refractivity contribution is -0.184. The van der Waals surface area contributed by atoms with E-state index < -0.39 is 36.2 Å². The zero-order chi connectivity index (χ0) is 21.1. The van der Waals surface area contributed by atoms with E-state index in [1.807, 2.05) is 0 Å². The summed E-state index contributed by atoms with van der Waals surface area (Å²) in [5.41, 5.74) is 0. The second-order valence-corrected chi connectivity index (χ2v) is 5.79. The fourth-order valence-electron chi connectivity index (χ4n) is 2.34. The number of carbonyl (C=O) groups is 3. The summed E-state index contributed by atoms with van der Waals surface area (Å²) in [6.07, 6.45) is -2.91. The fourth-order valence-corrected chi connectivity index (χ4v) is 2.34. The van der Waals surface area contributed by atoms with Crippen molar-refractivity contribution in [3.05, 3.63) is 24.3 Å². The van der Waals surface area contributed by atoms with Gasteiger partial charge in [0.2, 0.25) is 0 Å². The molecule has 0 amide bonds. The van der Waals surface area contributed by atoms with Gasteiger partial charge in [-0.2, -0.15) is 0 Å². The van der Waals surface area contributed by atoms with Gasteiger partial charge in [-0.25, -0.2) is 0 Å². The van der Waals surface area contributed by atoms with Crippen molar-refractivity contribution < 1.29 is 42.8 Å². The van der Waals surface area contributed by atoms with Crippen LogP contribution in [-0.4, -0.2) is 63.7 Å². The van der Waals surface area contributed by atoms with Gasteiger partial charge in [0.25, 0.3) is 0 Å². The lowest BCUT2D eigenvalue weighted by Gasteiger charge is -2.31. The number of hydrogen-bond donors (Lipinski definition) is 0. The monoisotopic (exact) mass is 398 g/mol. The highest BCUT2D eigenvalue weighted by molar-refractivity contribution is 5.67. The summed E-state index contributed by atoms with van der Waals surface area (Å²) in [5, 5.41) is 0. The van der Waals surface area contributed by atoms with Gasteiger partial charge >= 0.3 is 17.9 Å². The summed E-state index contributed by atoms with van der Waals surface area (Å²) in [6, 6.07) is 6.77. The van der Waals surface area contributed by atoms with Gasteiger partial charge in [-0.15, -0.1) is 0 Å². The normalized spacial score (nSPS) is 13.6. The van der Waals surface area contributed by atoms with Gasteiger partial charge in [-0.05, 0) is 24.3 Å². The third kappa shape index (κ3) is 8.26. The third-order valence-corrected chi connectivity index (χ3v) is 3.58. The van der Waals surface area contributed by atoms with Gasteiger partial charge in [-0.1, -0.05) is 0 Å².